The third kappa shape index (κ3) is 2.08. The lowest BCUT2D eigenvalue weighted by molar-refractivity contribution is 1.03. The van der Waals surface area contributed by atoms with Gasteiger partial charge in [-0.3, -0.25) is 0 Å². The molecule has 1 fully saturated rings. The largest absolute Gasteiger partial charge is 0.245 e. The van der Waals surface area contributed by atoms with E-state index in [-0.39, 0.29) is 12.4 Å². The summed E-state index contributed by atoms with van der Waals surface area (Å²) in [6.45, 7) is 0. The number of aromatic nitrogens is 1. The predicted molar refractivity (Wildman–Crippen MR) is 50.9 cm³/mol. The average molecular weight is 210 g/mol. The molecule has 2 rings (SSSR count). The first-order chi connectivity index (χ1) is 4.90. The molecule has 1 aliphatic carbocycles. The number of rotatable bonds is 2. The van der Waals surface area contributed by atoms with E-state index in [9.17, 15) is 0 Å². The van der Waals surface area contributed by atoms with E-state index in [1.54, 1.807) is 11.3 Å². The minimum absolute atomic E-state index is 0. The second-order valence-corrected chi connectivity index (χ2v) is 3.78. The molecule has 4 heteroatoms. The Hall–Kier alpha value is 0.210. The maximum Gasteiger partial charge on any atom is 0.108 e. The van der Waals surface area contributed by atoms with Crippen LogP contribution in [0.3, 0.4) is 0 Å². The Bertz CT molecular complexity index is 232. The lowest BCUT2D eigenvalue weighted by Gasteiger charge is -1.84. The summed E-state index contributed by atoms with van der Waals surface area (Å²) >= 11 is 7.29. The Morgan fingerprint density at radius 2 is 2.36 bits per heavy atom. The van der Waals surface area contributed by atoms with Gasteiger partial charge in [0, 0.05) is 11.3 Å². The molecule has 1 heterocycles. The van der Waals surface area contributed by atoms with Gasteiger partial charge in [-0.05, 0) is 12.8 Å². The highest BCUT2D eigenvalue weighted by atomic mass is 35.5. The van der Waals surface area contributed by atoms with Crippen LogP contribution in [0, 0.1) is 0 Å². The van der Waals surface area contributed by atoms with E-state index in [1.165, 1.54) is 18.5 Å². The van der Waals surface area contributed by atoms with Crippen LogP contribution < -0.4 is 0 Å². The van der Waals surface area contributed by atoms with Crippen LogP contribution in [0.25, 0.3) is 0 Å². The van der Waals surface area contributed by atoms with E-state index in [0.717, 1.165) is 10.9 Å². The van der Waals surface area contributed by atoms with E-state index < -0.39 is 0 Å². The summed E-state index contributed by atoms with van der Waals surface area (Å²) in [5.74, 6) is 1.34. The third-order valence-corrected chi connectivity index (χ3v) is 2.96. The summed E-state index contributed by atoms with van der Waals surface area (Å²) in [6.07, 6.45) is 2.65. The second kappa shape index (κ2) is 3.74. The number of nitrogens with zero attached hydrogens (tertiary/aromatic N) is 1. The fraction of sp³-hybridized carbons (Fsp3) is 0.571. The molecular formula is C7H9Cl2NS. The van der Waals surface area contributed by atoms with Gasteiger partial charge in [0.1, 0.15) is 5.01 Å². The van der Waals surface area contributed by atoms with Crippen molar-refractivity contribution in [2.24, 2.45) is 0 Å². The highest BCUT2D eigenvalue weighted by molar-refractivity contribution is 7.09. The van der Waals surface area contributed by atoms with Crippen LogP contribution >= 0.6 is 35.3 Å². The van der Waals surface area contributed by atoms with Crippen LogP contribution in [0.5, 0.6) is 0 Å². The van der Waals surface area contributed by atoms with Gasteiger partial charge in [0.2, 0.25) is 0 Å². The molecule has 0 bridgehead atoms. The molecule has 0 aliphatic heterocycles. The predicted octanol–water partition coefficient (Wildman–Crippen LogP) is 3.18. The molecule has 0 amide bonds. The van der Waals surface area contributed by atoms with Crippen molar-refractivity contribution in [3.8, 4) is 0 Å². The quantitative estimate of drug-likeness (QED) is 0.683. The van der Waals surface area contributed by atoms with Gasteiger partial charge in [0.25, 0.3) is 0 Å². The summed E-state index contributed by atoms with van der Waals surface area (Å²) in [5, 5.41) is 3.19. The van der Waals surface area contributed by atoms with Crippen molar-refractivity contribution in [2.75, 3.05) is 0 Å². The zero-order chi connectivity index (χ0) is 6.97. The molecule has 0 unspecified atom stereocenters. The number of hydrogen-bond donors (Lipinski definition) is 0. The van der Waals surface area contributed by atoms with Crippen LogP contribution in [0.15, 0.2) is 5.38 Å². The van der Waals surface area contributed by atoms with Crippen molar-refractivity contribution < 1.29 is 0 Å². The Balaban J connectivity index is 0.000000605. The number of hydrogen-bond acceptors (Lipinski definition) is 2. The molecular weight excluding hydrogens is 201 g/mol. The summed E-state index contributed by atoms with van der Waals surface area (Å²) in [5.41, 5.74) is 1.26. The molecule has 11 heavy (non-hydrogen) atoms. The van der Waals surface area contributed by atoms with Gasteiger partial charge in [-0.2, -0.15) is 0 Å². The zero-order valence-corrected chi connectivity index (χ0v) is 8.31. The molecule has 62 valence electrons. The summed E-state index contributed by atoms with van der Waals surface area (Å²) in [6, 6.07) is 0. The van der Waals surface area contributed by atoms with Crippen LogP contribution in [0.1, 0.15) is 29.5 Å². The smallest absolute Gasteiger partial charge is 0.108 e. The summed E-state index contributed by atoms with van der Waals surface area (Å²) in [7, 11) is 0. The van der Waals surface area contributed by atoms with Gasteiger partial charge < -0.3 is 0 Å². The van der Waals surface area contributed by atoms with Gasteiger partial charge in [0.15, 0.2) is 0 Å². The Kier molecular flexibility index (Phi) is 3.16. The molecule has 1 aromatic heterocycles. The van der Waals surface area contributed by atoms with Crippen molar-refractivity contribution in [3.05, 3.63) is 16.1 Å². The van der Waals surface area contributed by atoms with Crippen LogP contribution in [0.4, 0.5) is 0 Å². The van der Waals surface area contributed by atoms with Crippen molar-refractivity contribution in [2.45, 2.75) is 24.6 Å². The van der Waals surface area contributed by atoms with Gasteiger partial charge in [-0.25, -0.2) is 4.98 Å². The molecule has 0 radical (unpaired) electrons. The first kappa shape index (κ1) is 9.30. The van der Waals surface area contributed by atoms with Crippen LogP contribution in [-0.2, 0) is 5.88 Å². The SMILES string of the molecule is Cl.ClCc1nc(C2CC2)cs1. The number of halogens is 2. The van der Waals surface area contributed by atoms with E-state index >= 15 is 0 Å². The first-order valence-corrected chi connectivity index (χ1v) is 4.82. The van der Waals surface area contributed by atoms with Gasteiger partial charge in [0.05, 0.1) is 11.6 Å². The fourth-order valence-electron chi connectivity index (χ4n) is 0.953. The van der Waals surface area contributed by atoms with E-state index in [4.69, 9.17) is 11.6 Å². The number of alkyl halides is 1. The molecule has 1 saturated carbocycles. The van der Waals surface area contributed by atoms with Crippen molar-refractivity contribution in [3.63, 3.8) is 0 Å². The minimum atomic E-state index is 0. The van der Waals surface area contributed by atoms with E-state index in [0.29, 0.717) is 5.88 Å². The Morgan fingerprint density at radius 1 is 1.64 bits per heavy atom. The molecule has 1 aliphatic rings. The maximum atomic E-state index is 5.61. The standard InChI is InChI=1S/C7H8ClNS.ClH/c8-3-7-9-6(4-10-7)5-1-2-5;/h4-5H,1-3H2;1H. The number of thiazole rings is 1. The molecule has 0 aromatic carbocycles. The molecule has 0 saturated heterocycles. The molecule has 0 spiro atoms. The lowest BCUT2D eigenvalue weighted by atomic mass is 10.3. The molecule has 0 atom stereocenters. The third-order valence-electron chi connectivity index (χ3n) is 1.68. The fourth-order valence-corrected chi connectivity index (χ4v) is 1.92. The highest BCUT2D eigenvalue weighted by Gasteiger charge is 2.25. The topological polar surface area (TPSA) is 12.9 Å². The minimum Gasteiger partial charge on any atom is -0.245 e. The lowest BCUT2D eigenvalue weighted by Crippen LogP contribution is -1.79. The van der Waals surface area contributed by atoms with Crippen LogP contribution in [0.2, 0.25) is 0 Å². The maximum absolute atomic E-state index is 5.61. The van der Waals surface area contributed by atoms with Crippen molar-refractivity contribution in [1.29, 1.82) is 0 Å². The molecule has 1 aromatic rings. The van der Waals surface area contributed by atoms with Crippen molar-refractivity contribution in [1.82, 2.24) is 4.98 Å². The zero-order valence-electron chi connectivity index (χ0n) is 5.92. The van der Waals surface area contributed by atoms with E-state index in [2.05, 4.69) is 10.4 Å². The average Bonchev–Trinajstić information content (AvgIpc) is 2.70. The normalized spacial score (nSPS) is 16.1. The van der Waals surface area contributed by atoms with Gasteiger partial charge in [-0.1, -0.05) is 0 Å². The van der Waals surface area contributed by atoms with E-state index in [1.807, 2.05) is 0 Å². The van der Waals surface area contributed by atoms with Crippen molar-refractivity contribution >= 4 is 35.3 Å². The first-order valence-electron chi connectivity index (χ1n) is 3.40. The Morgan fingerprint density at radius 3 is 2.82 bits per heavy atom. The summed E-state index contributed by atoms with van der Waals surface area (Å²) < 4.78 is 0. The summed E-state index contributed by atoms with van der Waals surface area (Å²) in [4.78, 5) is 4.38. The molecule has 1 nitrogen and oxygen atoms in total. The molecule has 0 N–H and O–H groups in total. The second-order valence-electron chi connectivity index (χ2n) is 2.57. The monoisotopic (exact) mass is 209 g/mol. The highest BCUT2D eigenvalue weighted by Crippen LogP contribution is 2.40. The Labute approximate surface area is 81.2 Å². The van der Waals surface area contributed by atoms with Gasteiger partial charge in [-0.15, -0.1) is 35.3 Å². The van der Waals surface area contributed by atoms with Crippen LogP contribution in [-0.4, -0.2) is 4.98 Å². The van der Waals surface area contributed by atoms with Gasteiger partial charge >= 0.3 is 0 Å².